The van der Waals surface area contributed by atoms with Crippen molar-refractivity contribution in [3.63, 3.8) is 0 Å². The van der Waals surface area contributed by atoms with E-state index in [1.165, 1.54) is 16.7 Å². The van der Waals surface area contributed by atoms with E-state index in [-0.39, 0.29) is 11.3 Å². The van der Waals surface area contributed by atoms with Crippen molar-refractivity contribution in [3.8, 4) is 0 Å². The summed E-state index contributed by atoms with van der Waals surface area (Å²) in [7, 11) is 0. The molecular formula is C11H20N2O3S. The quantitative estimate of drug-likeness (QED) is 0.766. The Morgan fingerprint density at radius 3 is 2.65 bits per heavy atom. The Labute approximate surface area is 106 Å². The number of hydrogen-bond acceptors (Lipinski definition) is 4. The fraction of sp³-hybridized carbons (Fsp3) is 0.818. The summed E-state index contributed by atoms with van der Waals surface area (Å²) in [6.07, 6.45) is 2.27. The molecule has 0 aromatic rings. The van der Waals surface area contributed by atoms with Crippen molar-refractivity contribution in [2.75, 3.05) is 5.75 Å². The molecule has 0 aliphatic carbocycles. The lowest BCUT2D eigenvalue weighted by atomic mass is 10.1. The van der Waals surface area contributed by atoms with Gasteiger partial charge >= 0.3 is 5.97 Å². The van der Waals surface area contributed by atoms with Crippen LogP contribution in [-0.2, 0) is 9.59 Å². The number of thioether (sulfide) groups is 1. The summed E-state index contributed by atoms with van der Waals surface area (Å²) in [5.74, 6) is -0.710. The van der Waals surface area contributed by atoms with Crippen molar-refractivity contribution in [3.05, 3.63) is 0 Å². The maximum atomic E-state index is 12.1. The molecule has 5 nitrogen and oxygen atoms in total. The number of carboxylic acids is 1. The van der Waals surface area contributed by atoms with Crippen LogP contribution in [0.3, 0.4) is 0 Å². The Kier molecular flexibility index (Phi) is 5.27. The van der Waals surface area contributed by atoms with Gasteiger partial charge in [-0.25, -0.2) is 4.79 Å². The molecule has 17 heavy (non-hydrogen) atoms. The predicted octanol–water partition coefficient (Wildman–Crippen LogP) is 0.878. The topological polar surface area (TPSA) is 83.6 Å². The number of rotatable bonds is 5. The number of nitrogens with zero attached hydrogens (tertiary/aromatic N) is 1. The standard InChI is InChI=1S/C11H20N2O3S/c1-3-5-9-13(10(14)7(12)4-2)8(6-17-9)11(15)16/h7-9H,3-6,12H2,1-2H3,(H,15,16)/t7-,8?,9?/m1/s1. The molecule has 0 aromatic heterocycles. The summed E-state index contributed by atoms with van der Waals surface area (Å²) in [4.78, 5) is 24.7. The minimum atomic E-state index is -0.937. The molecule has 1 fully saturated rings. The van der Waals surface area contributed by atoms with Gasteiger partial charge in [-0.05, 0) is 12.8 Å². The predicted molar refractivity (Wildman–Crippen MR) is 67.7 cm³/mol. The molecule has 0 saturated carbocycles. The highest BCUT2D eigenvalue weighted by molar-refractivity contribution is 8.00. The highest BCUT2D eigenvalue weighted by Crippen LogP contribution is 2.32. The molecule has 1 heterocycles. The van der Waals surface area contributed by atoms with Gasteiger partial charge in [-0.1, -0.05) is 20.3 Å². The van der Waals surface area contributed by atoms with Gasteiger partial charge in [0.05, 0.1) is 11.4 Å². The van der Waals surface area contributed by atoms with Gasteiger partial charge in [0.25, 0.3) is 0 Å². The van der Waals surface area contributed by atoms with E-state index < -0.39 is 18.1 Å². The average molecular weight is 260 g/mol. The van der Waals surface area contributed by atoms with Crippen LogP contribution in [0.15, 0.2) is 0 Å². The second-order valence-electron chi connectivity index (χ2n) is 4.19. The Morgan fingerprint density at radius 1 is 1.53 bits per heavy atom. The fourth-order valence-electron chi connectivity index (χ4n) is 1.88. The number of carbonyl (C=O) groups is 2. The normalized spacial score (nSPS) is 25.9. The fourth-order valence-corrected chi connectivity index (χ4v) is 3.41. The molecular weight excluding hydrogens is 240 g/mol. The number of hydrogen-bond donors (Lipinski definition) is 2. The first-order chi connectivity index (χ1) is 8.02. The highest BCUT2D eigenvalue weighted by Gasteiger charge is 2.42. The molecule has 6 heteroatoms. The molecule has 1 saturated heterocycles. The number of aliphatic carboxylic acids is 1. The zero-order chi connectivity index (χ0) is 13.0. The van der Waals surface area contributed by atoms with Gasteiger partial charge in [0, 0.05) is 5.75 Å². The molecule has 2 unspecified atom stereocenters. The van der Waals surface area contributed by atoms with E-state index >= 15 is 0 Å². The first-order valence-corrected chi connectivity index (χ1v) is 6.99. The number of carbonyl (C=O) groups excluding carboxylic acids is 1. The van der Waals surface area contributed by atoms with Gasteiger partial charge in [-0.15, -0.1) is 11.8 Å². The molecule has 98 valence electrons. The third-order valence-corrected chi connectivity index (χ3v) is 4.28. The first-order valence-electron chi connectivity index (χ1n) is 5.95. The second-order valence-corrected chi connectivity index (χ2v) is 5.40. The highest BCUT2D eigenvalue weighted by atomic mass is 32.2. The van der Waals surface area contributed by atoms with Gasteiger partial charge in [-0.3, -0.25) is 4.79 Å². The summed E-state index contributed by atoms with van der Waals surface area (Å²) >= 11 is 1.54. The van der Waals surface area contributed by atoms with E-state index in [0.717, 1.165) is 12.8 Å². The molecule has 0 radical (unpaired) electrons. The van der Waals surface area contributed by atoms with Crippen LogP contribution in [-0.4, -0.2) is 45.1 Å². The van der Waals surface area contributed by atoms with E-state index in [9.17, 15) is 9.59 Å². The van der Waals surface area contributed by atoms with Gasteiger partial charge in [0.1, 0.15) is 6.04 Å². The number of amides is 1. The van der Waals surface area contributed by atoms with E-state index in [4.69, 9.17) is 10.8 Å². The second kappa shape index (κ2) is 6.26. The first kappa shape index (κ1) is 14.3. The van der Waals surface area contributed by atoms with Crippen LogP contribution in [0.5, 0.6) is 0 Å². The van der Waals surface area contributed by atoms with Crippen LogP contribution in [0.4, 0.5) is 0 Å². The van der Waals surface area contributed by atoms with Crippen LogP contribution in [0.1, 0.15) is 33.1 Å². The van der Waals surface area contributed by atoms with Crippen LogP contribution >= 0.6 is 11.8 Å². The minimum Gasteiger partial charge on any atom is -0.480 e. The molecule has 0 aromatic carbocycles. The molecule has 3 N–H and O–H groups in total. The van der Waals surface area contributed by atoms with Gasteiger partial charge in [0.15, 0.2) is 0 Å². The van der Waals surface area contributed by atoms with Crippen molar-refractivity contribution in [1.29, 1.82) is 0 Å². The minimum absolute atomic E-state index is 0.0359. The molecule has 1 amide bonds. The molecule has 1 rings (SSSR count). The zero-order valence-corrected chi connectivity index (χ0v) is 11.1. The third kappa shape index (κ3) is 3.13. The van der Waals surface area contributed by atoms with Crippen LogP contribution in [0.25, 0.3) is 0 Å². The molecule has 0 bridgehead atoms. The molecule has 1 aliphatic rings. The van der Waals surface area contributed by atoms with Gasteiger partial charge in [0.2, 0.25) is 5.91 Å². The SMILES string of the molecule is CCCC1SCC(C(=O)O)N1C(=O)[C@H](N)CC. The van der Waals surface area contributed by atoms with Crippen molar-refractivity contribution in [2.24, 2.45) is 5.73 Å². The third-order valence-electron chi connectivity index (χ3n) is 2.92. The Morgan fingerprint density at radius 2 is 2.18 bits per heavy atom. The summed E-state index contributed by atoms with van der Waals surface area (Å²) in [5.41, 5.74) is 5.72. The summed E-state index contributed by atoms with van der Waals surface area (Å²) < 4.78 is 0. The zero-order valence-electron chi connectivity index (χ0n) is 10.3. The monoisotopic (exact) mass is 260 g/mol. The van der Waals surface area contributed by atoms with Crippen LogP contribution in [0.2, 0.25) is 0 Å². The summed E-state index contributed by atoms with van der Waals surface area (Å²) in [6.45, 7) is 3.85. The van der Waals surface area contributed by atoms with Crippen molar-refractivity contribution in [1.82, 2.24) is 4.90 Å². The number of nitrogens with two attached hydrogens (primary N) is 1. The average Bonchev–Trinajstić information content (AvgIpc) is 2.71. The Bertz CT molecular complexity index is 298. The van der Waals surface area contributed by atoms with Crippen LogP contribution < -0.4 is 5.73 Å². The lowest BCUT2D eigenvalue weighted by Crippen LogP contribution is -2.51. The van der Waals surface area contributed by atoms with Crippen molar-refractivity contribution >= 4 is 23.6 Å². The van der Waals surface area contributed by atoms with E-state index in [1.807, 2.05) is 13.8 Å². The van der Waals surface area contributed by atoms with Crippen molar-refractivity contribution < 1.29 is 14.7 Å². The molecule has 0 spiro atoms. The summed E-state index contributed by atoms with van der Waals surface area (Å²) in [5, 5.41) is 9.09. The van der Waals surface area contributed by atoms with Gasteiger partial charge < -0.3 is 15.7 Å². The summed E-state index contributed by atoms with van der Waals surface area (Å²) in [6, 6.07) is -1.31. The smallest absolute Gasteiger partial charge is 0.327 e. The van der Waals surface area contributed by atoms with Crippen molar-refractivity contribution in [2.45, 2.75) is 50.6 Å². The van der Waals surface area contributed by atoms with Crippen LogP contribution in [0, 0.1) is 0 Å². The lowest BCUT2D eigenvalue weighted by molar-refractivity contribution is -0.149. The largest absolute Gasteiger partial charge is 0.480 e. The van der Waals surface area contributed by atoms with E-state index in [1.54, 1.807) is 0 Å². The van der Waals surface area contributed by atoms with Gasteiger partial charge in [-0.2, -0.15) is 0 Å². The Hall–Kier alpha value is -0.750. The van der Waals surface area contributed by atoms with E-state index in [0.29, 0.717) is 12.2 Å². The Balaban J connectivity index is 2.85. The molecule has 3 atom stereocenters. The maximum Gasteiger partial charge on any atom is 0.327 e. The maximum absolute atomic E-state index is 12.1. The van der Waals surface area contributed by atoms with E-state index in [2.05, 4.69) is 0 Å². The molecule has 1 aliphatic heterocycles. The number of carboxylic acid groups (broad SMARTS) is 1. The lowest BCUT2D eigenvalue weighted by Gasteiger charge is -2.29.